The Bertz CT molecular complexity index is 1340. The Morgan fingerprint density at radius 2 is 1.97 bits per heavy atom. The minimum Gasteiger partial charge on any atom is -0.493 e. The van der Waals surface area contributed by atoms with Gasteiger partial charge in [0.25, 0.3) is 11.5 Å². The van der Waals surface area contributed by atoms with Crippen molar-refractivity contribution in [2.24, 2.45) is 0 Å². The van der Waals surface area contributed by atoms with E-state index in [1.165, 1.54) is 22.7 Å². The van der Waals surface area contributed by atoms with Crippen molar-refractivity contribution < 1.29 is 14.3 Å². The maximum atomic E-state index is 13.1. The van der Waals surface area contributed by atoms with Crippen LogP contribution in [0.4, 0.5) is 0 Å². The third-order valence-corrected chi connectivity index (χ3v) is 7.06. The van der Waals surface area contributed by atoms with Gasteiger partial charge in [-0.15, -0.1) is 22.7 Å². The molecule has 4 aromatic rings. The summed E-state index contributed by atoms with van der Waals surface area (Å²) in [6.45, 7) is 3.56. The lowest BCUT2D eigenvalue weighted by Gasteiger charge is -2.34. The molecular formula is C23H23N5O4S2. The number of ether oxygens (including phenoxy) is 2. The van der Waals surface area contributed by atoms with Crippen LogP contribution < -0.4 is 15.0 Å². The van der Waals surface area contributed by atoms with E-state index in [1.54, 1.807) is 47.5 Å². The Labute approximate surface area is 203 Å². The Balaban J connectivity index is 1.19. The molecule has 1 fully saturated rings. The molecule has 11 heteroatoms. The van der Waals surface area contributed by atoms with Gasteiger partial charge >= 0.3 is 0 Å². The molecule has 0 bridgehead atoms. The molecule has 4 heterocycles. The average Bonchev–Trinajstić information content (AvgIpc) is 3.55. The fraction of sp³-hybridized carbons (Fsp3) is 0.304. The molecule has 0 atom stereocenters. The van der Waals surface area contributed by atoms with Gasteiger partial charge in [-0.25, -0.2) is 9.97 Å². The third kappa shape index (κ3) is 4.81. The lowest BCUT2D eigenvalue weighted by molar-refractivity contribution is 0.0626. The molecule has 1 amide bonds. The maximum Gasteiger partial charge on any atom is 0.258 e. The lowest BCUT2D eigenvalue weighted by atomic mass is 10.1. The summed E-state index contributed by atoms with van der Waals surface area (Å²) in [6.07, 6.45) is 1.73. The van der Waals surface area contributed by atoms with E-state index in [-0.39, 0.29) is 11.5 Å². The highest BCUT2D eigenvalue weighted by molar-refractivity contribution is 7.15. The van der Waals surface area contributed by atoms with Gasteiger partial charge in [0.05, 0.1) is 24.0 Å². The molecule has 176 valence electrons. The van der Waals surface area contributed by atoms with Crippen molar-refractivity contribution in [1.29, 1.82) is 0 Å². The smallest absolute Gasteiger partial charge is 0.258 e. The summed E-state index contributed by atoms with van der Waals surface area (Å²) in [4.78, 5) is 38.9. The highest BCUT2D eigenvalue weighted by Gasteiger charge is 2.23. The van der Waals surface area contributed by atoms with E-state index in [9.17, 15) is 9.59 Å². The number of fused-ring (bicyclic) bond motifs is 1. The molecule has 9 nitrogen and oxygen atoms in total. The molecule has 3 aromatic heterocycles. The van der Waals surface area contributed by atoms with Gasteiger partial charge in [0, 0.05) is 61.3 Å². The summed E-state index contributed by atoms with van der Waals surface area (Å²) >= 11 is 2.96. The first kappa shape index (κ1) is 22.5. The monoisotopic (exact) mass is 497 g/mol. The Kier molecular flexibility index (Phi) is 6.57. The first-order chi connectivity index (χ1) is 16.6. The van der Waals surface area contributed by atoms with Crippen molar-refractivity contribution >= 4 is 33.5 Å². The first-order valence-corrected chi connectivity index (χ1v) is 12.6. The second-order valence-electron chi connectivity index (χ2n) is 7.84. The van der Waals surface area contributed by atoms with Crippen LogP contribution in [0.1, 0.15) is 21.7 Å². The highest BCUT2D eigenvalue weighted by atomic mass is 32.1. The lowest BCUT2D eigenvalue weighted by Crippen LogP contribution is -2.48. The van der Waals surface area contributed by atoms with E-state index >= 15 is 0 Å². The number of carbonyl (C=O) groups excluding carboxylic acids is 1. The number of aromatic nitrogens is 3. The zero-order valence-electron chi connectivity index (χ0n) is 18.5. The number of hydrogen-bond acceptors (Lipinski definition) is 9. The Hall–Kier alpha value is -3.28. The molecule has 1 aliphatic rings. The first-order valence-electron chi connectivity index (χ1n) is 10.8. The van der Waals surface area contributed by atoms with Gasteiger partial charge in [0.2, 0.25) is 0 Å². The molecule has 0 radical (unpaired) electrons. The van der Waals surface area contributed by atoms with Gasteiger partial charge in [-0.2, -0.15) is 0 Å². The molecule has 0 saturated carbocycles. The van der Waals surface area contributed by atoms with Gasteiger partial charge in [-0.3, -0.25) is 18.9 Å². The van der Waals surface area contributed by atoms with E-state index < -0.39 is 0 Å². The molecule has 1 saturated heterocycles. The molecule has 0 spiro atoms. The minimum absolute atomic E-state index is 0.0413. The van der Waals surface area contributed by atoms with Gasteiger partial charge in [-0.1, -0.05) is 0 Å². The SMILES string of the molecule is COc1cc(C(=O)N2CCN(Cc3cc(=O)n4ccsc4n3)CC2)ccc1OCc1cscn1. The van der Waals surface area contributed by atoms with E-state index in [1.807, 2.05) is 15.7 Å². The van der Waals surface area contributed by atoms with Gasteiger partial charge in [0.15, 0.2) is 16.5 Å². The zero-order valence-corrected chi connectivity index (χ0v) is 20.2. The Morgan fingerprint density at radius 3 is 2.74 bits per heavy atom. The summed E-state index contributed by atoms with van der Waals surface area (Å²) in [6, 6.07) is 6.83. The van der Waals surface area contributed by atoms with Crippen LogP contribution in [0.3, 0.4) is 0 Å². The summed E-state index contributed by atoms with van der Waals surface area (Å²) in [5.41, 5.74) is 3.86. The second kappa shape index (κ2) is 9.92. The highest BCUT2D eigenvalue weighted by Crippen LogP contribution is 2.29. The van der Waals surface area contributed by atoms with Crippen LogP contribution in [0.25, 0.3) is 4.96 Å². The fourth-order valence-electron chi connectivity index (χ4n) is 3.87. The van der Waals surface area contributed by atoms with Gasteiger partial charge in [0.1, 0.15) is 6.61 Å². The third-order valence-electron chi connectivity index (χ3n) is 5.67. The van der Waals surface area contributed by atoms with Gasteiger partial charge in [-0.05, 0) is 18.2 Å². The predicted octanol–water partition coefficient (Wildman–Crippen LogP) is 2.76. The molecule has 0 aliphatic carbocycles. The topological polar surface area (TPSA) is 89.3 Å². The second-order valence-corrected chi connectivity index (χ2v) is 9.44. The molecule has 5 rings (SSSR count). The summed E-state index contributed by atoms with van der Waals surface area (Å²) in [5, 5.41) is 3.78. The minimum atomic E-state index is -0.0666. The number of hydrogen-bond donors (Lipinski definition) is 0. The summed E-state index contributed by atoms with van der Waals surface area (Å²) in [7, 11) is 1.56. The fourth-order valence-corrected chi connectivity index (χ4v) is 5.15. The van der Waals surface area contributed by atoms with Crippen LogP contribution in [0.15, 0.2) is 51.5 Å². The van der Waals surface area contributed by atoms with E-state index in [0.717, 1.165) is 11.4 Å². The van der Waals surface area contributed by atoms with Crippen molar-refractivity contribution in [3.05, 3.63) is 74.0 Å². The molecule has 0 N–H and O–H groups in total. The zero-order chi connectivity index (χ0) is 23.5. The van der Waals surface area contributed by atoms with Crippen LogP contribution in [0.5, 0.6) is 11.5 Å². The van der Waals surface area contributed by atoms with Crippen LogP contribution in [0, 0.1) is 0 Å². The normalized spacial score (nSPS) is 14.4. The maximum absolute atomic E-state index is 13.1. The standard InChI is InChI=1S/C23H23N5O4S2/c1-31-20-10-16(2-3-19(20)32-13-18-14-33-15-24-18)22(30)27-6-4-26(5-7-27)12-17-11-21(29)28-8-9-34-23(28)25-17/h2-3,8-11,14-15H,4-7,12-13H2,1H3. The van der Waals surface area contributed by atoms with Crippen molar-refractivity contribution in [1.82, 2.24) is 24.2 Å². The number of methoxy groups -OCH3 is 1. The number of nitrogens with zero attached hydrogens (tertiary/aromatic N) is 5. The molecule has 1 aliphatic heterocycles. The van der Waals surface area contributed by atoms with Crippen LogP contribution in [-0.2, 0) is 13.2 Å². The Morgan fingerprint density at radius 1 is 1.12 bits per heavy atom. The largest absolute Gasteiger partial charge is 0.493 e. The van der Waals surface area contributed by atoms with E-state index in [4.69, 9.17) is 9.47 Å². The average molecular weight is 498 g/mol. The molecule has 0 unspecified atom stereocenters. The van der Waals surface area contributed by atoms with E-state index in [2.05, 4.69) is 14.9 Å². The molecular weight excluding hydrogens is 474 g/mol. The van der Waals surface area contributed by atoms with Crippen LogP contribution in [-0.4, -0.2) is 63.4 Å². The van der Waals surface area contributed by atoms with Crippen molar-refractivity contribution in [3.8, 4) is 11.5 Å². The van der Waals surface area contributed by atoms with Crippen molar-refractivity contribution in [3.63, 3.8) is 0 Å². The molecule has 34 heavy (non-hydrogen) atoms. The van der Waals surface area contributed by atoms with Gasteiger partial charge < -0.3 is 14.4 Å². The number of benzene rings is 1. The summed E-state index contributed by atoms with van der Waals surface area (Å²) in [5.74, 6) is 1.05. The van der Waals surface area contributed by atoms with Crippen molar-refractivity contribution in [2.45, 2.75) is 13.2 Å². The predicted molar refractivity (Wildman–Crippen MR) is 130 cm³/mol. The number of thiazole rings is 2. The number of piperazine rings is 1. The van der Waals surface area contributed by atoms with Crippen molar-refractivity contribution in [2.75, 3.05) is 33.3 Å². The van der Waals surface area contributed by atoms with Crippen LogP contribution in [0.2, 0.25) is 0 Å². The number of carbonyl (C=O) groups is 1. The quantitative estimate of drug-likeness (QED) is 0.388. The summed E-state index contributed by atoms with van der Waals surface area (Å²) < 4.78 is 12.8. The number of rotatable bonds is 7. The molecule has 1 aromatic carbocycles. The number of amides is 1. The van der Waals surface area contributed by atoms with Crippen LogP contribution >= 0.6 is 22.7 Å². The van der Waals surface area contributed by atoms with E-state index in [0.29, 0.717) is 61.4 Å².